The van der Waals surface area contributed by atoms with Crippen molar-refractivity contribution in [3.63, 3.8) is 0 Å². The number of nitrogens with one attached hydrogen (secondary N) is 2. The highest BCUT2D eigenvalue weighted by Crippen LogP contribution is 2.23. The summed E-state index contributed by atoms with van der Waals surface area (Å²) in [5, 5.41) is 5.79. The molecule has 1 aromatic carbocycles. The fourth-order valence-electron chi connectivity index (χ4n) is 1.92. The van der Waals surface area contributed by atoms with E-state index in [1.54, 1.807) is 19.1 Å². The number of carbonyl (C=O) groups is 1. The summed E-state index contributed by atoms with van der Waals surface area (Å²) in [6, 6.07) is 7.75. The summed E-state index contributed by atoms with van der Waals surface area (Å²) in [6.07, 6.45) is 2.20. The molecule has 5 nitrogen and oxygen atoms in total. The Labute approximate surface area is 121 Å². The quantitative estimate of drug-likeness (QED) is 0.907. The smallest absolute Gasteiger partial charge is 0.274 e. The Balaban J connectivity index is 1.78. The topological polar surface area (TPSA) is 66.9 Å². The molecule has 0 unspecified atom stereocenters. The minimum Gasteiger partial charge on any atom is -0.351 e. The summed E-state index contributed by atoms with van der Waals surface area (Å²) in [4.78, 5) is 20.6. The Kier molecular flexibility index (Phi) is 3.51. The molecule has 1 amide bonds. The predicted octanol–water partition coefficient (Wildman–Crippen LogP) is 2.75. The fourth-order valence-corrected chi connectivity index (χ4v) is 1.92. The van der Waals surface area contributed by atoms with Crippen molar-refractivity contribution in [3.05, 3.63) is 47.5 Å². The molecule has 0 atom stereocenters. The van der Waals surface area contributed by atoms with E-state index in [-0.39, 0.29) is 11.6 Å². The number of rotatable bonds is 4. The number of anilines is 2. The second-order valence-corrected chi connectivity index (χ2v) is 5.10. The van der Waals surface area contributed by atoms with Gasteiger partial charge in [0.15, 0.2) is 0 Å². The zero-order chi connectivity index (χ0) is 14.8. The van der Waals surface area contributed by atoms with Crippen LogP contribution in [-0.2, 0) is 0 Å². The number of aryl methyl sites for hydroxylation is 1. The lowest BCUT2D eigenvalue weighted by Crippen LogP contribution is -2.16. The third-order valence-electron chi connectivity index (χ3n) is 3.08. The van der Waals surface area contributed by atoms with Crippen molar-refractivity contribution in [1.82, 2.24) is 9.97 Å². The molecule has 6 heteroatoms. The van der Waals surface area contributed by atoms with E-state index in [1.807, 2.05) is 0 Å². The molecule has 0 spiro atoms. The maximum absolute atomic E-state index is 13.1. The third-order valence-corrected chi connectivity index (χ3v) is 3.08. The molecule has 1 aliphatic rings. The van der Waals surface area contributed by atoms with Crippen molar-refractivity contribution in [1.29, 1.82) is 0 Å². The molecular weight excluding hydrogens is 271 g/mol. The molecule has 3 rings (SSSR count). The van der Waals surface area contributed by atoms with Gasteiger partial charge in [-0.1, -0.05) is 6.07 Å². The van der Waals surface area contributed by atoms with Crippen molar-refractivity contribution in [3.8, 4) is 0 Å². The summed E-state index contributed by atoms with van der Waals surface area (Å²) in [5.74, 6) is -0.324. The molecule has 21 heavy (non-hydrogen) atoms. The van der Waals surface area contributed by atoms with Gasteiger partial charge in [-0.15, -0.1) is 0 Å². The normalized spacial score (nSPS) is 13.8. The number of carbonyl (C=O) groups excluding carboxylic acids is 1. The van der Waals surface area contributed by atoms with Crippen LogP contribution in [0.3, 0.4) is 0 Å². The van der Waals surface area contributed by atoms with Crippen LogP contribution < -0.4 is 10.6 Å². The lowest BCUT2D eigenvalue weighted by atomic mass is 10.3. The number of hydrogen-bond donors (Lipinski definition) is 2. The van der Waals surface area contributed by atoms with Gasteiger partial charge >= 0.3 is 0 Å². The Bertz CT molecular complexity index is 685. The first-order valence-corrected chi connectivity index (χ1v) is 6.79. The maximum atomic E-state index is 13.1. The largest absolute Gasteiger partial charge is 0.351 e. The molecule has 1 aliphatic carbocycles. The zero-order valence-electron chi connectivity index (χ0n) is 11.6. The van der Waals surface area contributed by atoms with Gasteiger partial charge in [0.2, 0.25) is 5.95 Å². The van der Waals surface area contributed by atoms with Crippen LogP contribution in [0.5, 0.6) is 0 Å². The van der Waals surface area contributed by atoms with Crippen LogP contribution in [0.15, 0.2) is 30.3 Å². The molecule has 1 fully saturated rings. The summed E-state index contributed by atoms with van der Waals surface area (Å²) in [7, 11) is 0. The molecule has 108 valence electrons. The molecule has 2 N–H and O–H groups in total. The van der Waals surface area contributed by atoms with Crippen LogP contribution in [0.4, 0.5) is 16.0 Å². The van der Waals surface area contributed by atoms with Crippen LogP contribution in [0.25, 0.3) is 0 Å². The lowest BCUT2D eigenvalue weighted by molar-refractivity contribution is 0.102. The van der Waals surface area contributed by atoms with E-state index in [9.17, 15) is 9.18 Å². The second kappa shape index (κ2) is 5.47. The van der Waals surface area contributed by atoms with Crippen molar-refractivity contribution < 1.29 is 9.18 Å². The van der Waals surface area contributed by atoms with Crippen LogP contribution in [0.1, 0.15) is 29.0 Å². The molecule has 0 aliphatic heterocycles. The number of aromatic nitrogens is 2. The van der Waals surface area contributed by atoms with E-state index < -0.39 is 5.82 Å². The third kappa shape index (κ3) is 3.53. The average Bonchev–Trinajstić information content (AvgIpc) is 3.22. The van der Waals surface area contributed by atoms with Gasteiger partial charge in [-0.25, -0.2) is 14.4 Å². The van der Waals surface area contributed by atoms with Gasteiger partial charge in [-0.05, 0) is 44.0 Å². The molecule has 0 bridgehead atoms. The number of amides is 1. The monoisotopic (exact) mass is 286 g/mol. The van der Waals surface area contributed by atoms with E-state index in [4.69, 9.17) is 0 Å². The van der Waals surface area contributed by atoms with Gasteiger partial charge in [-0.3, -0.25) is 4.79 Å². The average molecular weight is 286 g/mol. The minimum absolute atomic E-state index is 0.259. The summed E-state index contributed by atoms with van der Waals surface area (Å²) in [6.45, 7) is 1.80. The first kappa shape index (κ1) is 13.5. The molecular formula is C15H15FN4O. The predicted molar refractivity (Wildman–Crippen MR) is 77.8 cm³/mol. The summed E-state index contributed by atoms with van der Waals surface area (Å²) in [5.41, 5.74) is 1.36. The molecule has 2 aromatic rings. The lowest BCUT2D eigenvalue weighted by Gasteiger charge is -2.08. The van der Waals surface area contributed by atoms with E-state index in [1.165, 1.54) is 18.2 Å². The Hall–Kier alpha value is -2.50. The van der Waals surface area contributed by atoms with Crippen molar-refractivity contribution in [2.45, 2.75) is 25.8 Å². The highest BCUT2D eigenvalue weighted by Gasteiger charge is 2.22. The zero-order valence-corrected chi connectivity index (χ0v) is 11.6. The highest BCUT2D eigenvalue weighted by molar-refractivity contribution is 6.03. The maximum Gasteiger partial charge on any atom is 0.274 e. The van der Waals surface area contributed by atoms with Gasteiger partial charge in [0.1, 0.15) is 11.5 Å². The highest BCUT2D eigenvalue weighted by atomic mass is 19.1. The Morgan fingerprint density at radius 3 is 2.81 bits per heavy atom. The number of hydrogen-bond acceptors (Lipinski definition) is 4. The molecule has 0 radical (unpaired) electrons. The molecule has 0 saturated heterocycles. The van der Waals surface area contributed by atoms with Gasteiger partial charge in [0, 0.05) is 17.4 Å². The SMILES string of the molecule is Cc1cc(C(=O)Nc2cccc(F)c2)nc(NC2CC2)n1. The number of nitrogens with zero attached hydrogens (tertiary/aromatic N) is 2. The van der Waals surface area contributed by atoms with Crippen molar-refractivity contribution >= 4 is 17.5 Å². The van der Waals surface area contributed by atoms with E-state index in [2.05, 4.69) is 20.6 Å². The van der Waals surface area contributed by atoms with Gasteiger partial charge in [-0.2, -0.15) is 0 Å². The van der Waals surface area contributed by atoms with Gasteiger partial charge in [0.05, 0.1) is 0 Å². The molecule has 1 saturated carbocycles. The van der Waals surface area contributed by atoms with E-state index in [0.717, 1.165) is 12.8 Å². The number of halogens is 1. The Morgan fingerprint density at radius 1 is 1.29 bits per heavy atom. The van der Waals surface area contributed by atoms with Gasteiger partial charge < -0.3 is 10.6 Å². The summed E-state index contributed by atoms with van der Waals surface area (Å²) < 4.78 is 13.1. The Morgan fingerprint density at radius 2 is 2.10 bits per heavy atom. The second-order valence-electron chi connectivity index (χ2n) is 5.10. The van der Waals surface area contributed by atoms with Crippen molar-refractivity contribution in [2.75, 3.05) is 10.6 Å². The van der Waals surface area contributed by atoms with E-state index in [0.29, 0.717) is 23.4 Å². The van der Waals surface area contributed by atoms with E-state index >= 15 is 0 Å². The minimum atomic E-state index is -0.400. The van der Waals surface area contributed by atoms with Crippen LogP contribution >= 0.6 is 0 Å². The first-order chi connectivity index (χ1) is 10.1. The molecule has 1 aromatic heterocycles. The number of benzene rings is 1. The molecule has 1 heterocycles. The van der Waals surface area contributed by atoms with Gasteiger partial charge in [0.25, 0.3) is 5.91 Å². The standard InChI is InChI=1S/C15H15FN4O/c1-9-7-13(20-15(17-9)19-11-5-6-11)14(21)18-12-4-2-3-10(16)8-12/h2-4,7-8,11H,5-6H2,1H3,(H,18,21)(H,17,19,20). The van der Waals surface area contributed by atoms with Crippen LogP contribution in [0, 0.1) is 12.7 Å². The summed E-state index contributed by atoms with van der Waals surface area (Å²) >= 11 is 0. The fraction of sp³-hybridized carbons (Fsp3) is 0.267. The van der Waals surface area contributed by atoms with Crippen LogP contribution in [0.2, 0.25) is 0 Å². The van der Waals surface area contributed by atoms with Crippen LogP contribution in [-0.4, -0.2) is 21.9 Å². The van der Waals surface area contributed by atoms with Crippen molar-refractivity contribution in [2.24, 2.45) is 0 Å². The first-order valence-electron chi connectivity index (χ1n) is 6.79.